The molecule has 2 aromatic rings. The van der Waals surface area contributed by atoms with Gasteiger partial charge in [0.05, 0.1) is 12.8 Å². The molecule has 0 bridgehead atoms. The highest BCUT2D eigenvalue weighted by atomic mass is 35.5. The molecule has 0 aliphatic carbocycles. The predicted molar refractivity (Wildman–Crippen MR) is 54.0 cm³/mol. The van der Waals surface area contributed by atoms with E-state index in [1.54, 1.807) is 23.7 Å². The van der Waals surface area contributed by atoms with Crippen LogP contribution in [0, 0.1) is 0 Å². The number of fused-ring (bicyclic) bond motifs is 1. The second kappa shape index (κ2) is 3.86. The van der Waals surface area contributed by atoms with Crippen molar-refractivity contribution < 1.29 is 9.53 Å². The molecular weight excluding hydrogens is 218 g/mol. The van der Waals surface area contributed by atoms with E-state index in [0.29, 0.717) is 12.3 Å². The average Bonchev–Trinajstić information content (AvgIpc) is 2.57. The second-order valence-corrected chi connectivity index (χ2v) is 3.13. The van der Waals surface area contributed by atoms with Crippen LogP contribution in [0.2, 0.25) is 5.15 Å². The van der Waals surface area contributed by atoms with Gasteiger partial charge in [-0.25, -0.2) is 9.78 Å². The Hall–Kier alpha value is -1.62. The second-order valence-electron chi connectivity index (χ2n) is 2.78. The highest BCUT2D eigenvalue weighted by molar-refractivity contribution is 6.32. The van der Waals surface area contributed by atoms with Crippen molar-refractivity contribution in [3.05, 3.63) is 29.4 Å². The van der Waals surface area contributed by atoms with E-state index >= 15 is 0 Å². The van der Waals surface area contributed by atoms with Crippen LogP contribution in [0.1, 0.15) is 17.4 Å². The van der Waals surface area contributed by atoms with Gasteiger partial charge in [-0.1, -0.05) is 11.6 Å². The van der Waals surface area contributed by atoms with Crippen LogP contribution in [0.3, 0.4) is 0 Å². The van der Waals surface area contributed by atoms with Gasteiger partial charge in [-0.15, -0.1) is 0 Å². The zero-order chi connectivity index (χ0) is 10.8. The van der Waals surface area contributed by atoms with Gasteiger partial charge in [-0.2, -0.15) is 0 Å². The van der Waals surface area contributed by atoms with E-state index in [1.807, 2.05) is 0 Å². The summed E-state index contributed by atoms with van der Waals surface area (Å²) in [4.78, 5) is 19.3. The van der Waals surface area contributed by atoms with Crippen LogP contribution in [0.4, 0.5) is 0 Å². The van der Waals surface area contributed by atoms with Crippen LogP contribution >= 0.6 is 11.6 Å². The van der Waals surface area contributed by atoms with Gasteiger partial charge in [0.25, 0.3) is 0 Å². The molecule has 0 fully saturated rings. The Kier molecular flexibility index (Phi) is 2.55. The summed E-state index contributed by atoms with van der Waals surface area (Å²) in [7, 11) is 0. The molecule has 2 rings (SSSR count). The van der Waals surface area contributed by atoms with E-state index in [-0.39, 0.29) is 10.8 Å². The fourth-order valence-corrected chi connectivity index (χ4v) is 1.47. The van der Waals surface area contributed by atoms with Crippen molar-refractivity contribution in [3.8, 4) is 0 Å². The number of imidazole rings is 1. The minimum atomic E-state index is -0.522. The number of halogens is 1. The van der Waals surface area contributed by atoms with Crippen molar-refractivity contribution in [1.82, 2.24) is 14.4 Å². The summed E-state index contributed by atoms with van der Waals surface area (Å²) in [5, 5.41) is 0.242. The van der Waals surface area contributed by atoms with Crippen LogP contribution < -0.4 is 0 Å². The number of nitrogens with zero attached hydrogens (tertiary/aromatic N) is 3. The highest BCUT2D eigenvalue weighted by Crippen LogP contribution is 2.17. The Morgan fingerprint density at radius 3 is 3.13 bits per heavy atom. The molecule has 0 aliphatic rings. The smallest absolute Gasteiger partial charge is 0.360 e. The maximum atomic E-state index is 11.4. The van der Waals surface area contributed by atoms with E-state index in [2.05, 4.69) is 9.97 Å². The largest absolute Gasteiger partial charge is 0.461 e. The molecule has 5 nitrogen and oxygen atoms in total. The molecule has 0 unspecified atom stereocenters. The average molecular weight is 226 g/mol. The molecule has 0 amide bonds. The van der Waals surface area contributed by atoms with Gasteiger partial charge in [-0.05, 0) is 6.92 Å². The van der Waals surface area contributed by atoms with E-state index in [0.717, 1.165) is 0 Å². The molecule has 0 radical (unpaired) electrons. The first-order chi connectivity index (χ1) is 7.24. The van der Waals surface area contributed by atoms with Crippen molar-refractivity contribution in [2.45, 2.75) is 6.92 Å². The normalized spacial score (nSPS) is 10.5. The Labute approximate surface area is 90.7 Å². The lowest BCUT2D eigenvalue weighted by Gasteiger charge is -1.97. The van der Waals surface area contributed by atoms with Crippen molar-refractivity contribution in [3.63, 3.8) is 0 Å². The first-order valence-electron chi connectivity index (χ1n) is 4.38. The first-order valence-corrected chi connectivity index (χ1v) is 4.76. The Balaban J connectivity index is 2.53. The molecule has 2 heterocycles. The van der Waals surface area contributed by atoms with Crippen molar-refractivity contribution >= 4 is 23.2 Å². The monoisotopic (exact) mass is 225 g/mol. The number of aromatic nitrogens is 3. The minimum Gasteiger partial charge on any atom is -0.461 e. The molecule has 0 aliphatic heterocycles. The molecular formula is C9H8ClN3O2. The summed E-state index contributed by atoms with van der Waals surface area (Å²) in [5.41, 5.74) is 0.636. The highest BCUT2D eigenvalue weighted by Gasteiger charge is 2.18. The van der Waals surface area contributed by atoms with Crippen LogP contribution in [-0.4, -0.2) is 26.9 Å². The maximum Gasteiger partial charge on any atom is 0.360 e. The van der Waals surface area contributed by atoms with Gasteiger partial charge in [0, 0.05) is 12.4 Å². The lowest BCUT2D eigenvalue weighted by atomic mass is 10.5. The van der Waals surface area contributed by atoms with Gasteiger partial charge >= 0.3 is 5.97 Å². The molecule has 0 saturated heterocycles. The number of carbonyl (C=O) groups excluding carboxylic acids is 1. The summed E-state index contributed by atoms with van der Waals surface area (Å²) in [6, 6.07) is 0. The molecule has 0 saturated carbocycles. The van der Waals surface area contributed by atoms with E-state index in [1.165, 1.54) is 6.20 Å². The Bertz CT molecular complexity index is 509. The molecule has 6 heteroatoms. The topological polar surface area (TPSA) is 56.5 Å². The number of esters is 1. The van der Waals surface area contributed by atoms with Crippen molar-refractivity contribution in [1.29, 1.82) is 0 Å². The number of rotatable bonds is 2. The number of hydrogen-bond donors (Lipinski definition) is 0. The Morgan fingerprint density at radius 1 is 1.67 bits per heavy atom. The SMILES string of the molecule is CCOC(=O)c1nc2cnccn2c1Cl. The Morgan fingerprint density at radius 2 is 2.47 bits per heavy atom. The van der Waals surface area contributed by atoms with Gasteiger partial charge in [-0.3, -0.25) is 9.38 Å². The van der Waals surface area contributed by atoms with Crippen molar-refractivity contribution in [2.24, 2.45) is 0 Å². The summed E-state index contributed by atoms with van der Waals surface area (Å²) in [6.07, 6.45) is 4.72. The molecule has 0 aromatic carbocycles. The molecule has 78 valence electrons. The predicted octanol–water partition coefficient (Wildman–Crippen LogP) is 1.56. The van der Waals surface area contributed by atoms with Crippen LogP contribution in [0.15, 0.2) is 18.6 Å². The lowest BCUT2D eigenvalue weighted by molar-refractivity contribution is 0.0520. The minimum absolute atomic E-state index is 0.117. The lowest BCUT2D eigenvalue weighted by Crippen LogP contribution is -2.05. The van der Waals surface area contributed by atoms with Crippen LogP contribution in [-0.2, 0) is 4.74 Å². The third kappa shape index (κ3) is 1.66. The summed E-state index contributed by atoms with van der Waals surface area (Å²) in [5.74, 6) is -0.522. The third-order valence-corrected chi connectivity index (χ3v) is 2.20. The van der Waals surface area contributed by atoms with E-state index in [4.69, 9.17) is 16.3 Å². The molecule has 15 heavy (non-hydrogen) atoms. The van der Waals surface area contributed by atoms with Gasteiger partial charge in [0.15, 0.2) is 11.3 Å². The summed E-state index contributed by atoms with van der Waals surface area (Å²) >= 11 is 5.96. The fraction of sp³-hybridized carbons (Fsp3) is 0.222. The number of carbonyl (C=O) groups is 1. The maximum absolute atomic E-state index is 11.4. The fourth-order valence-electron chi connectivity index (χ4n) is 1.21. The van der Waals surface area contributed by atoms with Crippen molar-refractivity contribution in [2.75, 3.05) is 6.61 Å². The van der Waals surface area contributed by atoms with E-state index < -0.39 is 5.97 Å². The third-order valence-electron chi connectivity index (χ3n) is 1.84. The number of hydrogen-bond acceptors (Lipinski definition) is 4. The summed E-state index contributed by atoms with van der Waals surface area (Å²) < 4.78 is 6.39. The molecule has 0 spiro atoms. The van der Waals surface area contributed by atoms with Gasteiger partial charge in [0.2, 0.25) is 0 Å². The summed E-state index contributed by atoms with van der Waals surface area (Å²) in [6.45, 7) is 2.02. The zero-order valence-corrected chi connectivity index (χ0v) is 8.73. The van der Waals surface area contributed by atoms with Crippen LogP contribution in [0.25, 0.3) is 5.65 Å². The van der Waals surface area contributed by atoms with Crippen LogP contribution in [0.5, 0.6) is 0 Å². The number of ether oxygens (including phenoxy) is 1. The standard InChI is InChI=1S/C9H8ClN3O2/c1-2-15-9(14)7-8(10)13-4-3-11-5-6(13)12-7/h3-5H,2H2,1H3. The zero-order valence-electron chi connectivity index (χ0n) is 7.98. The molecule has 0 N–H and O–H groups in total. The first kappa shape index (κ1) is 9.92. The molecule has 0 atom stereocenters. The van der Waals surface area contributed by atoms with Gasteiger partial charge in [0.1, 0.15) is 5.15 Å². The molecule has 2 aromatic heterocycles. The van der Waals surface area contributed by atoms with E-state index in [9.17, 15) is 4.79 Å². The van der Waals surface area contributed by atoms with Gasteiger partial charge < -0.3 is 4.74 Å². The quantitative estimate of drug-likeness (QED) is 0.728.